The molecule has 3 heterocycles. The molecular formula is C14H9BrClN3O2. The van der Waals surface area contributed by atoms with Crippen LogP contribution in [0.4, 0.5) is 5.82 Å². The number of nitrogens with two attached hydrogens (primary N) is 1. The molecule has 5 nitrogen and oxygen atoms in total. The van der Waals surface area contributed by atoms with Crippen LogP contribution >= 0.6 is 27.5 Å². The van der Waals surface area contributed by atoms with Crippen molar-refractivity contribution in [1.82, 2.24) is 9.38 Å². The van der Waals surface area contributed by atoms with Crippen molar-refractivity contribution in [3.05, 3.63) is 40.0 Å². The van der Waals surface area contributed by atoms with Crippen LogP contribution in [0.5, 0.6) is 11.5 Å². The summed E-state index contributed by atoms with van der Waals surface area (Å²) in [7, 11) is 0. The first-order valence-electron chi connectivity index (χ1n) is 6.16. The molecule has 0 spiro atoms. The Morgan fingerprint density at radius 1 is 1.29 bits per heavy atom. The van der Waals surface area contributed by atoms with Crippen molar-refractivity contribution in [3.63, 3.8) is 0 Å². The van der Waals surface area contributed by atoms with Gasteiger partial charge in [0.15, 0.2) is 11.5 Å². The van der Waals surface area contributed by atoms with Gasteiger partial charge < -0.3 is 15.2 Å². The Morgan fingerprint density at radius 2 is 2.14 bits per heavy atom. The van der Waals surface area contributed by atoms with Crippen molar-refractivity contribution < 1.29 is 9.47 Å². The van der Waals surface area contributed by atoms with Gasteiger partial charge in [0.25, 0.3) is 0 Å². The lowest BCUT2D eigenvalue weighted by Crippen LogP contribution is -1.94. The van der Waals surface area contributed by atoms with Gasteiger partial charge in [0, 0.05) is 16.2 Å². The number of anilines is 1. The van der Waals surface area contributed by atoms with E-state index < -0.39 is 0 Å². The van der Waals surface area contributed by atoms with Gasteiger partial charge >= 0.3 is 0 Å². The molecule has 0 fully saturated rings. The van der Waals surface area contributed by atoms with Crippen molar-refractivity contribution in [3.8, 4) is 22.8 Å². The monoisotopic (exact) mass is 365 g/mol. The average molecular weight is 367 g/mol. The summed E-state index contributed by atoms with van der Waals surface area (Å²) in [6.07, 6.45) is 1.87. The van der Waals surface area contributed by atoms with Crippen LogP contribution < -0.4 is 15.2 Å². The van der Waals surface area contributed by atoms with E-state index >= 15 is 0 Å². The van der Waals surface area contributed by atoms with Gasteiger partial charge in [-0.3, -0.25) is 4.40 Å². The lowest BCUT2D eigenvalue weighted by Gasteiger charge is -2.04. The number of nitrogens with zero attached hydrogens (tertiary/aromatic N) is 2. The number of fused-ring (bicyclic) bond motifs is 2. The molecule has 0 saturated carbocycles. The molecule has 1 aromatic carbocycles. The van der Waals surface area contributed by atoms with Crippen LogP contribution in [0, 0.1) is 0 Å². The first kappa shape index (κ1) is 12.8. The lowest BCUT2D eigenvalue weighted by molar-refractivity contribution is 0.174. The number of halogens is 2. The van der Waals surface area contributed by atoms with Crippen LogP contribution in [-0.4, -0.2) is 16.2 Å². The standard InChI is InChI=1S/C14H9BrClN3O2/c15-8-1-2-11-18-12(14(17)19(11)5-8)7-3-9(16)13-10(4-7)20-6-21-13/h1-5H,6,17H2. The molecule has 0 saturated heterocycles. The molecular weight excluding hydrogens is 358 g/mol. The van der Waals surface area contributed by atoms with E-state index in [1.54, 1.807) is 6.07 Å². The smallest absolute Gasteiger partial charge is 0.231 e. The third kappa shape index (κ3) is 1.94. The molecule has 21 heavy (non-hydrogen) atoms. The quantitative estimate of drug-likeness (QED) is 0.713. The number of aromatic nitrogens is 2. The summed E-state index contributed by atoms with van der Waals surface area (Å²) in [5.74, 6) is 1.71. The average Bonchev–Trinajstić information content (AvgIpc) is 3.05. The third-order valence-electron chi connectivity index (χ3n) is 3.32. The minimum absolute atomic E-state index is 0.173. The Morgan fingerprint density at radius 3 is 3.00 bits per heavy atom. The van der Waals surface area contributed by atoms with Gasteiger partial charge in [-0.1, -0.05) is 11.6 Å². The summed E-state index contributed by atoms with van der Waals surface area (Å²) < 4.78 is 13.4. The van der Waals surface area contributed by atoms with Crippen LogP contribution in [0.3, 0.4) is 0 Å². The summed E-state index contributed by atoms with van der Waals surface area (Å²) >= 11 is 9.64. The Balaban J connectivity index is 1.95. The Labute approximate surface area is 133 Å². The molecule has 3 aromatic rings. The van der Waals surface area contributed by atoms with Crippen molar-refractivity contribution in [2.24, 2.45) is 0 Å². The van der Waals surface area contributed by atoms with E-state index in [9.17, 15) is 0 Å². The van der Waals surface area contributed by atoms with E-state index in [4.69, 9.17) is 26.8 Å². The van der Waals surface area contributed by atoms with E-state index in [0.29, 0.717) is 28.0 Å². The lowest BCUT2D eigenvalue weighted by atomic mass is 10.1. The van der Waals surface area contributed by atoms with Gasteiger partial charge in [0.1, 0.15) is 17.2 Å². The molecule has 0 aliphatic carbocycles. The van der Waals surface area contributed by atoms with Gasteiger partial charge in [0.2, 0.25) is 6.79 Å². The molecule has 0 amide bonds. The van der Waals surface area contributed by atoms with Crippen molar-refractivity contribution in [2.45, 2.75) is 0 Å². The normalized spacial score (nSPS) is 13.0. The van der Waals surface area contributed by atoms with Crippen LogP contribution in [0.1, 0.15) is 0 Å². The largest absolute Gasteiger partial charge is 0.454 e. The predicted molar refractivity (Wildman–Crippen MR) is 83.9 cm³/mol. The number of benzene rings is 1. The minimum Gasteiger partial charge on any atom is -0.454 e. The fraction of sp³-hybridized carbons (Fsp3) is 0.0714. The fourth-order valence-corrected chi connectivity index (χ4v) is 2.96. The van der Waals surface area contributed by atoms with Gasteiger partial charge in [-0.25, -0.2) is 4.98 Å². The highest BCUT2D eigenvalue weighted by Gasteiger charge is 2.21. The van der Waals surface area contributed by atoms with Crippen LogP contribution in [0.25, 0.3) is 16.9 Å². The number of hydrogen-bond acceptors (Lipinski definition) is 4. The molecule has 2 N–H and O–H groups in total. The van der Waals surface area contributed by atoms with E-state index in [1.165, 1.54) is 0 Å². The first-order chi connectivity index (χ1) is 10.1. The Bertz CT molecular complexity index is 878. The molecule has 0 atom stereocenters. The number of pyridine rings is 1. The van der Waals surface area contributed by atoms with Crippen molar-refractivity contribution in [2.75, 3.05) is 12.5 Å². The maximum absolute atomic E-state index is 6.21. The van der Waals surface area contributed by atoms with Crippen LogP contribution in [-0.2, 0) is 0 Å². The first-order valence-corrected chi connectivity index (χ1v) is 7.33. The Hall–Kier alpha value is -1.92. The maximum Gasteiger partial charge on any atom is 0.231 e. The molecule has 106 valence electrons. The van der Waals surface area contributed by atoms with Crippen molar-refractivity contribution in [1.29, 1.82) is 0 Å². The third-order valence-corrected chi connectivity index (χ3v) is 4.07. The van der Waals surface area contributed by atoms with Gasteiger partial charge in [-0.2, -0.15) is 0 Å². The molecule has 0 radical (unpaired) electrons. The number of ether oxygens (including phenoxy) is 2. The number of nitrogen functional groups attached to an aromatic ring is 1. The van der Waals surface area contributed by atoms with Crippen molar-refractivity contribution >= 4 is 39.0 Å². The number of hydrogen-bond donors (Lipinski definition) is 1. The SMILES string of the molecule is Nc1c(-c2cc(Cl)c3c(c2)OCO3)nc2ccc(Br)cn12. The molecule has 0 bridgehead atoms. The summed E-state index contributed by atoms with van der Waals surface area (Å²) in [6.45, 7) is 0.173. The zero-order chi connectivity index (χ0) is 14.6. The van der Waals surface area contributed by atoms with E-state index in [-0.39, 0.29) is 6.79 Å². The van der Waals surface area contributed by atoms with Gasteiger partial charge in [-0.05, 0) is 40.2 Å². The highest BCUT2D eigenvalue weighted by Crippen LogP contribution is 2.43. The second-order valence-electron chi connectivity index (χ2n) is 4.61. The summed E-state index contributed by atoms with van der Waals surface area (Å²) in [4.78, 5) is 4.55. The molecule has 0 unspecified atom stereocenters. The second kappa shape index (κ2) is 4.54. The highest BCUT2D eigenvalue weighted by molar-refractivity contribution is 9.10. The van der Waals surface area contributed by atoms with E-state index in [1.807, 2.05) is 28.8 Å². The molecule has 2 aromatic heterocycles. The van der Waals surface area contributed by atoms with Crippen LogP contribution in [0.15, 0.2) is 34.9 Å². The van der Waals surface area contributed by atoms with E-state index in [0.717, 1.165) is 15.7 Å². The summed E-state index contributed by atoms with van der Waals surface area (Å²) in [6, 6.07) is 7.42. The molecule has 1 aliphatic heterocycles. The summed E-state index contributed by atoms with van der Waals surface area (Å²) in [5.41, 5.74) is 8.42. The molecule has 7 heteroatoms. The number of imidazole rings is 1. The predicted octanol–water partition coefficient (Wildman–Crippen LogP) is 3.73. The maximum atomic E-state index is 6.21. The Kier molecular flexibility index (Phi) is 2.77. The minimum atomic E-state index is 0.173. The number of rotatable bonds is 1. The molecule has 4 rings (SSSR count). The highest BCUT2D eigenvalue weighted by atomic mass is 79.9. The van der Waals surface area contributed by atoms with Gasteiger partial charge in [0.05, 0.1) is 5.02 Å². The van der Waals surface area contributed by atoms with Crippen LogP contribution in [0.2, 0.25) is 5.02 Å². The zero-order valence-electron chi connectivity index (χ0n) is 10.6. The topological polar surface area (TPSA) is 61.8 Å². The summed E-state index contributed by atoms with van der Waals surface area (Å²) in [5, 5.41) is 0.484. The van der Waals surface area contributed by atoms with Gasteiger partial charge in [-0.15, -0.1) is 0 Å². The molecule has 1 aliphatic rings. The zero-order valence-corrected chi connectivity index (χ0v) is 13.0. The van der Waals surface area contributed by atoms with E-state index in [2.05, 4.69) is 20.9 Å². The fourth-order valence-electron chi connectivity index (χ4n) is 2.35. The second-order valence-corrected chi connectivity index (χ2v) is 5.94.